The summed E-state index contributed by atoms with van der Waals surface area (Å²) in [7, 11) is -3.62. The highest BCUT2D eigenvalue weighted by molar-refractivity contribution is 7.93. The van der Waals surface area contributed by atoms with Gasteiger partial charge in [-0.3, -0.25) is 9.40 Å². The van der Waals surface area contributed by atoms with Gasteiger partial charge in [-0.25, -0.2) is 13.4 Å². The van der Waals surface area contributed by atoms with Crippen LogP contribution in [0, 0.1) is 6.92 Å². The minimum absolute atomic E-state index is 0.144. The van der Waals surface area contributed by atoms with Gasteiger partial charge in [0.05, 0.1) is 18.4 Å². The van der Waals surface area contributed by atoms with Crippen molar-refractivity contribution in [1.82, 2.24) is 20.1 Å². The fourth-order valence-corrected chi connectivity index (χ4v) is 3.57. The first kappa shape index (κ1) is 15.9. The summed E-state index contributed by atoms with van der Waals surface area (Å²) in [6.07, 6.45) is 3.94. The molecule has 0 unspecified atom stereocenters. The first-order chi connectivity index (χ1) is 10.0. The number of rotatable bonds is 8. The molecule has 9 heteroatoms. The Hall–Kier alpha value is -1.45. The first-order valence-electron chi connectivity index (χ1n) is 6.69. The summed E-state index contributed by atoms with van der Waals surface area (Å²) in [5, 5.41) is 9.47. The zero-order valence-electron chi connectivity index (χ0n) is 12.0. The molecule has 2 aromatic heterocycles. The monoisotopic (exact) mass is 329 g/mol. The quantitative estimate of drug-likeness (QED) is 0.716. The zero-order chi connectivity index (χ0) is 15.3. The highest BCUT2D eigenvalue weighted by Crippen LogP contribution is 2.19. The summed E-state index contributed by atoms with van der Waals surface area (Å²) < 4.78 is 28.4. The lowest BCUT2D eigenvalue weighted by Crippen LogP contribution is -2.20. The molecule has 21 heavy (non-hydrogen) atoms. The number of sulfonamides is 1. The average Bonchev–Trinajstić information content (AvgIpc) is 3.04. The smallest absolute Gasteiger partial charge is 0.266 e. The third-order valence-corrected chi connectivity index (χ3v) is 5.00. The molecule has 0 radical (unpaired) electrons. The zero-order valence-corrected chi connectivity index (χ0v) is 13.7. The van der Waals surface area contributed by atoms with Gasteiger partial charge in [-0.2, -0.15) is 5.10 Å². The minimum atomic E-state index is -3.62. The lowest BCUT2D eigenvalue weighted by Gasteiger charge is -2.03. The molecule has 0 fully saturated rings. The van der Waals surface area contributed by atoms with Crippen LogP contribution in [0.2, 0.25) is 0 Å². The summed E-state index contributed by atoms with van der Waals surface area (Å²) in [6, 6.07) is 0. The van der Waals surface area contributed by atoms with Gasteiger partial charge in [-0.15, -0.1) is 11.3 Å². The van der Waals surface area contributed by atoms with E-state index in [1.165, 1.54) is 23.7 Å². The van der Waals surface area contributed by atoms with Crippen molar-refractivity contribution in [3.63, 3.8) is 0 Å². The molecular formula is C12H19N5O2S2. The van der Waals surface area contributed by atoms with Gasteiger partial charge < -0.3 is 5.32 Å². The number of thiazole rings is 1. The molecule has 116 valence electrons. The summed E-state index contributed by atoms with van der Waals surface area (Å²) in [5.41, 5.74) is 0.787. The molecule has 0 aliphatic heterocycles. The predicted molar refractivity (Wildman–Crippen MR) is 83.0 cm³/mol. The molecule has 0 aromatic carbocycles. The number of aromatic nitrogens is 3. The van der Waals surface area contributed by atoms with Gasteiger partial charge in [0.2, 0.25) is 0 Å². The van der Waals surface area contributed by atoms with Crippen LogP contribution in [0.3, 0.4) is 0 Å². The minimum Gasteiger partial charge on any atom is -0.315 e. The largest absolute Gasteiger partial charge is 0.315 e. The fourth-order valence-electron chi connectivity index (χ4n) is 1.68. The van der Waals surface area contributed by atoms with Crippen LogP contribution >= 0.6 is 11.3 Å². The van der Waals surface area contributed by atoms with Gasteiger partial charge in [0.1, 0.15) is 4.90 Å². The second-order valence-corrected chi connectivity index (χ2v) is 7.13. The maximum Gasteiger partial charge on any atom is 0.266 e. The molecule has 0 spiro atoms. The van der Waals surface area contributed by atoms with E-state index in [4.69, 9.17) is 0 Å². The highest BCUT2D eigenvalue weighted by atomic mass is 32.2. The van der Waals surface area contributed by atoms with Crippen LogP contribution < -0.4 is 10.0 Å². The fraction of sp³-hybridized carbons (Fsp3) is 0.500. The average molecular weight is 329 g/mol. The van der Waals surface area contributed by atoms with Gasteiger partial charge >= 0.3 is 0 Å². The van der Waals surface area contributed by atoms with Crippen molar-refractivity contribution in [2.24, 2.45) is 0 Å². The standard InChI is InChI=1S/C12H19N5O2S2/c1-3-4-13-5-6-17-8-11(7-14-17)21(18,19)16-12-15-10(2)9-20-12/h7-9,13H,3-6H2,1-2H3,(H,15,16). The van der Waals surface area contributed by atoms with E-state index in [0.29, 0.717) is 11.7 Å². The number of aryl methyl sites for hydroxylation is 1. The molecular weight excluding hydrogens is 310 g/mol. The Morgan fingerprint density at radius 2 is 2.19 bits per heavy atom. The SMILES string of the molecule is CCCNCCn1cc(S(=O)(=O)Nc2nc(C)cs2)cn1. The Morgan fingerprint density at radius 3 is 2.86 bits per heavy atom. The van der Waals surface area contributed by atoms with Gasteiger partial charge in [0, 0.05) is 18.1 Å². The predicted octanol–water partition coefficient (Wildman–Crippen LogP) is 1.45. The van der Waals surface area contributed by atoms with E-state index in [2.05, 4.69) is 27.0 Å². The van der Waals surface area contributed by atoms with Crippen LogP contribution in [0.5, 0.6) is 0 Å². The van der Waals surface area contributed by atoms with Crippen molar-refractivity contribution in [1.29, 1.82) is 0 Å². The van der Waals surface area contributed by atoms with Crippen molar-refractivity contribution < 1.29 is 8.42 Å². The third kappa shape index (κ3) is 4.51. The van der Waals surface area contributed by atoms with E-state index >= 15 is 0 Å². The molecule has 0 aliphatic carbocycles. The number of nitrogens with zero attached hydrogens (tertiary/aromatic N) is 3. The summed E-state index contributed by atoms with van der Waals surface area (Å²) in [6.45, 7) is 6.24. The third-order valence-electron chi connectivity index (χ3n) is 2.70. The van der Waals surface area contributed by atoms with Crippen LogP contribution in [0.25, 0.3) is 0 Å². The molecule has 2 N–H and O–H groups in total. The summed E-state index contributed by atoms with van der Waals surface area (Å²) in [5.74, 6) is 0. The molecule has 2 aromatic rings. The van der Waals surface area contributed by atoms with Crippen LogP contribution in [-0.2, 0) is 16.6 Å². The molecule has 2 heterocycles. The van der Waals surface area contributed by atoms with Crippen LogP contribution in [0.4, 0.5) is 5.13 Å². The topological polar surface area (TPSA) is 88.9 Å². The van der Waals surface area contributed by atoms with E-state index < -0.39 is 10.0 Å². The Balaban J connectivity index is 1.98. The van der Waals surface area contributed by atoms with Crippen molar-refractivity contribution in [3.8, 4) is 0 Å². The first-order valence-corrected chi connectivity index (χ1v) is 9.05. The second kappa shape index (κ2) is 7.01. The summed E-state index contributed by atoms with van der Waals surface area (Å²) >= 11 is 1.26. The lowest BCUT2D eigenvalue weighted by atomic mass is 10.5. The second-order valence-electron chi connectivity index (χ2n) is 4.59. The maximum atomic E-state index is 12.2. The summed E-state index contributed by atoms with van der Waals surface area (Å²) in [4.78, 5) is 4.23. The molecule has 0 saturated heterocycles. The van der Waals surface area contributed by atoms with Crippen molar-refractivity contribution in [2.75, 3.05) is 17.8 Å². The van der Waals surface area contributed by atoms with Crippen molar-refractivity contribution in [2.45, 2.75) is 31.7 Å². The normalized spacial score (nSPS) is 11.7. The van der Waals surface area contributed by atoms with Gasteiger partial charge in [0.15, 0.2) is 5.13 Å². The number of nitrogens with one attached hydrogen (secondary N) is 2. The number of hydrogen-bond acceptors (Lipinski definition) is 6. The number of anilines is 1. The molecule has 7 nitrogen and oxygen atoms in total. The Bertz CT molecular complexity index is 677. The Kier molecular flexibility index (Phi) is 5.32. The van der Waals surface area contributed by atoms with Crippen LogP contribution in [0.15, 0.2) is 22.7 Å². The van der Waals surface area contributed by atoms with Crippen molar-refractivity contribution in [3.05, 3.63) is 23.5 Å². The Morgan fingerprint density at radius 1 is 1.38 bits per heavy atom. The van der Waals surface area contributed by atoms with E-state index in [1.807, 2.05) is 6.92 Å². The highest BCUT2D eigenvalue weighted by Gasteiger charge is 2.18. The van der Waals surface area contributed by atoms with Gasteiger partial charge in [-0.1, -0.05) is 6.92 Å². The molecule has 0 bridgehead atoms. The van der Waals surface area contributed by atoms with E-state index in [0.717, 1.165) is 25.2 Å². The number of hydrogen-bond donors (Lipinski definition) is 2. The maximum absolute atomic E-state index is 12.2. The van der Waals surface area contributed by atoms with E-state index in [-0.39, 0.29) is 4.90 Å². The molecule has 0 atom stereocenters. The molecule has 2 rings (SSSR count). The van der Waals surface area contributed by atoms with E-state index in [1.54, 1.807) is 10.1 Å². The van der Waals surface area contributed by atoms with Crippen LogP contribution in [-0.4, -0.2) is 36.3 Å². The van der Waals surface area contributed by atoms with Crippen molar-refractivity contribution >= 4 is 26.5 Å². The van der Waals surface area contributed by atoms with Crippen LogP contribution in [0.1, 0.15) is 19.0 Å². The Labute approximate surface area is 128 Å². The van der Waals surface area contributed by atoms with Gasteiger partial charge in [-0.05, 0) is 19.9 Å². The lowest BCUT2D eigenvalue weighted by molar-refractivity contribution is 0.552. The van der Waals surface area contributed by atoms with E-state index in [9.17, 15) is 8.42 Å². The molecule has 0 aliphatic rings. The van der Waals surface area contributed by atoms with Gasteiger partial charge in [0.25, 0.3) is 10.0 Å². The molecule has 0 amide bonds. The molecule has 0 saturated carbocycles.